The summed E-state index contributed by atoms with van der Waals surface area (Å²) in [5, 5.41) is 9.62. The van der Waals surface area contributed by atoms with Gasteiger partial charge in [-0.1, -0.05) is 27.2 Å². The van der Waals surface area contributed by atoms with E-state index in [0.29, 0.717) is 17.8 Å². The van der Waals surface area contributed by atoms with Crippen LogP contribution in [0.2, 0.25) is 0 Å². The molecule has 0 saturated heterocycles. The zero-order valence-corrected chi connectivity index (χ0v) is 7.17. The Kier molecular flexibility index (Phi) is 2.35. The second kappa shape index (κ2) is 2.91. The zero-order chi connectivity index (χ0) is 7.72. The molecule has 0 aromatic carbocycles. The standard InChI is InChI=1S/C9H18O/c1-6-4-5-7(2)9(10)8(6)3/h6-10H,4-5H2,1-3H3/t6-,7+,8+,9-/m1/s1. The van der Waals surface area contributed by atoms with Crippen molar-refractivity contribution in [1.29, 1.82) is 0 Å². The molecule has 0 aliphatic heterocycles. The van der Waals surface area contributed by atoms with Crippen molar-refractivity contribution in [3.05, 3.63) is 0 Å². The molecule has 0 amide bonds. The van der Waals surface area contributed by atoms with Crippen molar-refractivity contribution < 1.29 is 5.11 Å². The molecule has 0 aromatic heterocycles. The highest BCUT2D eigenvalue weighted by Gasteiger charge is 2.30. The SMILES string of the molecule is C[C@@H]1[C@H](O)[C@@H](C)CC[C@H]1C. The van der Waals surface area contributed by atoms with Crippen molar-refractivity contribution in [2.24, 2.45) is 17.8 Å². The molecule has 1 nitrogen and oxygen atoms in total. The minimum atomic E-state index is -0.0521. The molecule has 0 spiro atoms. The lowest BCUT2D eigenvalue weighted by atomic mass is 9.74. The number of aliphatic hydroxyl groups is 1. The smallest absolute Gasteiger partial charge is 0.0593 e. The number of hydrogen-bond acceptors (Lipinski definition) is 1. The molecule has 0 radical (unpaired) electrons. The molecule has 10 heavy (non-hydrogen) atoms. The molecule has 1 rings (SSSR count). The Morgan fingerprint density at radius 2 is 1.50 bits per heavy atom. The highest BCUT2D eigenvalue weighted by atomic mass is 16.3. The van der Waals surface area contributed by atoms with Crippen molar-refractivity contribution in [3.8, 4) is 0 Å². The molecular weight excluding hydrogens is 124 g/mol. The van der Waals surface area contributed by atoms with Gasteiger partial charge in [0.05, 0.1) is 6.10 Å². The highest BCUT2D eigenvalue weighted by Crippen LogP contribution is 2.32. The minimum Gasteiger partial charge on any atom is -0.393 e. The van der Waals surface area contributed by atoms with Crippen LogP contribution in [-0.4, -0.2) is 11.2 Å². The van der Waals surface area contributed by atoms with Gasteiger partial charge in [0, 0.05) is 0 Å². The van der Waals surface area contributed by atoms with Crippen LogP contribution in [0.3, 0.4) is 0 Å². The average molecular weight is 142 g/mol. The van der Waals surface area contributed by atoms with E-state index in [1.54, 1.807) is 0 Å². The third-order valence-electron chi connectivity index (χ3n) is 3.10. The molecular formula is C9H18O. The lowest BCUT2D eigenvalue weighted by molar-refractivity contribution is 0.00602. The average Bonchev–Trinajstić information content (AvgIpc) is 1.93. The van der Waals surface area contributed by atoms with Crippen LogP contribution < -0.4 is 0 Å². The van der Waals surface area contributed by atoms with Crippen LogP contribution in [-0.2, 0) is 0 Å². The summed E-state index contributed by atoms with van der Waals surface area (Å²) in [5.41, 5.74) is 0. The molecule has 1 saturated carbocycles. The second-order valence-corrected chi connectivity index (χ2v) is 3.88. The molecule has 1 heteroatoms. The summed E-state index contributed by atoms with van der Waals surface area (Å²) >= 11 is 0. The summed E-state index contributed by atoms with van der Waals surface area (Å²) in [7, 11) is 0. The number of aliphatic hydroxyl groups excluding tert-OH is 1. The maximum Gasteiger partial charge on any atom is 0.0593 e. The van der Waals surface area contributed by atoms with Gasteiger partial charge in [-0.3, -0.25) is 0 Å². The molecule has 1 N–H and O–H groups in total. The van der Waals surface area contributed by atoms with Crippen LogP contribution in [0.1, 0.15) is 33.6 Å². The van der Waals surface area contributed by atoms with Gasteiger partial charge >= 0.3 is 0 Å². The summed E-state index contributed by atoms with van der Waals surface area (Å²) in [5.74, 6) is 1.74. The van der Waals surface area contributed by atoms with E-state index < -0.39 is 0 Å². The second-order valence-electron chi connectivity index (χ2n) is 3.88. The van der Waals surface area contributed by atoms with E-state index in [9.17, 15) is 5.11 Å². The van der Waals surface area contributed by atoms with Gasteiger partial charge in [0.1, 0.15) is 0 Å². The van der Waals surface area contributed by atoms with Gasteiger partial charge in [-0.05, 0) is 24.2 Å². The van der Waals surface area contributed by atoms with Crippen LogP contribution >= 0.6 is 0 Å². The van der Waals surface area contributed by atoms with Crippen LogP contribution in [0, 0.1) is 17.8 Å². The summed E-state index contributed by atoms with van der Waals surface area (Å²) in [6, 6.07) is 0. The molecule has 1 fully saturated rings. The van der Waals surface area contributed by atoms with E-state index >= 15 is 0 Å². The monoisotopic (exact) mass is 142 g/mol. The molecule has 60 valence electrons. The predicted octanol–water partition coefficient (Wildman–Crippen LogP) is 2.05. The molecule has 4 atom stereocenters. The minimum absolute atomic E-state index is 0.0521. The van der Waals surface area contributed by atoms with E-state index in [2.05, 4.69) is 20.8 Å². The Balaban J connectivity index is 2.52. The van der Waals surface area contributed by atoms with Crippen LogP contribution in [0.5, 0.6) is 0 Å². The van der Waals surface area contributed by atoms with Crippen molar-refractivity contribution in [2.75, 3.05) is 0 Å². The van der Waals surface area contributed by atoms with Crippen LogP contribution in [0.15, 0.2) is 0 Å². The number of rotatable bonds is 0. The Bertz CT molecular complexity index is 97.3. The van der Waals surface area contributed by atoms with Crippen molar-refractivity contribution in [3.63, 3.8) is 0 Å². The fourth-order valence-electron chi connectivity index (χ4n) is 1.81. The largest absolute Gasteiger partial charge is 0.393 e. The first-order chi connectivity index (χ1) is 4.63. The van der Waals surface area contributed by atoms with Crippen molar-refractivity contribution in [1.82, 2.24) is 0 Å². The maximum absolute atomic E-state index is 9.62. The Morgan fingerprint density at radius 3 is 2.00 bits per heavy atom. The van der Waals surface area contributed by atoms with Crippen molar-refractivity contribution >= 4 is 0 Å². The highest BCUT2D eigenvalue weighted by molar-refractivity contribution is 4.80. The first-order valence-corrected chi connectivity index (χ1v) is 4.31. The van der Waals surface area contributed by atoms with E-state index in [0.717, 1.165) is 0 Å². The van der Waals surface area contributed by atoms with E-state index in [1.807, 2.05) is 0 Å². The maximum atomic E-state index is 9.62. The summed E-state index contributed by atoms with van der Waals surface area (Å²) in [4.78, 5) is 0. The van der Waals surface area contributed by atoms with Gasteiger partial charge in [0.25, 0.3) is 0 Å². The van der Waals surface area contributed by atoms with Crippen LogP contribution in [0.4, 0.5) is 0 Å². The summed E-state index contributed by atoms with van der Waals surface area (Å²) < 4.78 is 0. The fourth-order valence-corrected chi connectivity index (χ4v) is 1.81. The van der Waals surface area contributed by atoms with E-state index in [1.165, 1.54) is 12.8 Å². The third-order valence-corrected chi connectivity index (χ3v) is 3.10. The fraction of sp³-hybridized carbons (Fsp3) is 1.00. The quantitative estimate of drug-likeness (QED) is 0.549. The topological polar surface area (TPSA) is 20.2 Å². The Morgan fingerprint density at radius 1 is 1.00 bits per heavy atom. The first kappa shape index (κ1) is 8.06. The molecule has 0 aromatic rings. The molecule has 1 aliphatic rings. The van der Waals surface area contributed by atoms with Gasteiger partial charge in [0.2, 0.25) is 0 Å². The lowest BCUT2D eigenvalue weighted by Gasteiger charge is -2.35. The van der Waals surface area contributed by atoms with Crippen LogP contribution in [0.25, 0.3) is 0 Å². The van der Waals surface area contributed by atoms with E-state index in [4.69, 9.17) is 0 Å². The molecule has 1 aliphatic carbocycles. The van der Waals surface area contributed by atoms with Gasteiger partial charge in [-0.25, -0.2) is 0 Å². The third kappa shape index (κ3) is 1.34. The molecule has 0 unspecified atom stereocenters. The van der Waals surface area contributed by atoms with Gasteiger partial charge in [-0.2, -0.15) is 0 Å². The normalized spacial score (nSPS) is 49.2. The zero-order valence-electron chi connectivity index (χ0n) is 7.17. The number of hydrogen-bond donors (Lipinski definition) is 1. The van der Waals surface area contributed by atoms with Crippen molar-refractivity contribution in [2.45, 2.75) is 39.7 Å². The molecule has 0 heterocycles. The van der Waals surface area contributed by atoms with Gasteiger partial charge in [-0.15, -0.1) is 0 Å². The Labute approximate surface area is 63.4 Å². The summed E-state index contributed by atoms with van der Waals surface area (Å²) in [6.45, 7) is 6.54. The van der Waals surface area contributed by atoms with E-state index in [-0.39, 0.29) is 6.10 Å². The summed E-state index contributed by atoms with van der Waals surface area (Å²) in [6.07, 6.45) is 2.44. The van der Waals surface area contributed by atoms with Gasteiger partial charge in [0.15, 0.2) is 0 Å². The Hall–Kier alpha value is -0.0400. The first-order valence-electron chi connectivity index (χ1n) is 4.31. The predicted molar refractivity (Wildman–Crippen MR) is 42.7 cm³/mol. The van der Waals surface area contributed by atoms with Gasteiger partial charge < -0.3 is 5.11 Å². The lowest BCUT2D eigenvalue weighted by Crippen LogP contribution is -2.34. The molecule has 0 bridgehead atoms.